The first-order valence-corrected chi connectivity index (χ1v) is 10.2. The number of nitriles is 1. The van der Waals surface area contributed by atoms with Gasteiger partial charge in [0.2, 0.25) is 11.8 Å². The third kappa shape index (κ3) is 4.31. The van der Waals surface area contributed by atoms with E-state index >= 15 is 0 Å². The molecule has 150 valence electrons. The number of fused-ring (bicyclic) bond motifs is 1. The van der Waals surface area contributed by atoms with Crippen LogP contribution in [0.2, 0.25) is 0 Å². The van der Waals surface area contributed by atoms with Crippen LogP contribution in [0.25, 0.3) is 6.08 Å². The standard InChI is InChI=1S/C22H18N4O3S/c23-13-18-17-8-10-26(21(28)12-15-4-1-2-9-24-15)14-19(17)30-22(18)25-20(27)7-6-16-5-3-11-29-16/h1-7,9,11H,8,10,12,14H2,(H,25,27). The second-order valence-corrected chi connectivity index (χ2v) is 7.83. The summed E-state index contributed by atoms with van der Waals surface area (Å²) in [5.74, 6) is 0.223. The van der Waals surface area contributed by atoms with Gasteiger partial charge in [-0.3, -0.25) is 14.6 Å². The molecular weight excluding hydrogens is 400 g/mol. The van der Waals surface area contributed by atoms with Crippen molar-refractivity contribution in [2.24, 2.45) is 0 Å². The molecule has 0 saturated carbocycles. The lowest BCUT2D eigenvalue weighted by Gasteiger charge is -2.27. The van der Waals surface area contributed by atoms with Crippen molar-refractivity contribution in [1.82, 2.24) is 9.88 Å². The molecule has 1 aliphatic heterocycles. The van der Waals surface area contributed by atoms with Crippen LogP contribution in [0.3, 0.4) is 0 Å². The van der Waals surface area contributed by atoms with Crippen molar-refractivity contribution < 1.29 is 14.0 Å². The Bertz CT molecular complexity index is 1130. The van der Waals surface area contributed by atoms with Crippen LogP contribution in [-0.4, -0.2) is 28.2 Å². The molecule has 0 radical (unpaired) electrons. The van der Waals surface area contributed by atoms with Crippen molar-refractivity contribution in [2.45, 2.75) is 19.4 Å². The highest BCUT2D eigenvalue weighted by Crippen LogP contribution is 2.36. The van der Waals surface area contributed by atoms with Gasteiger partial charge in [-0.2, -0.15) is 5.26 Å². The zero-order valence-electron chi connectivity index (χ0n) is 16.0. The first-order valence-electron chi connectivity index (χ1n) is 9.39. The lowest BCUT2D eigenvalue weighted by atomic mass is 10.0. The lowest BCUT2D eigenvalue weighted by Crippen LogP contribution is -2.36. The molecule has 0 fully saturated rings. The van der Waals surface area contributed by atoms with Gasteiger partial charge in [0.15, 0.2) is 0 Å². The Labute approximate surface area is 177 Å². The van der Waals surface area contributed by atoms with E-state index in [1.54, 1.807) is 29.3 Å². The van der Waals surface area contributed by atoms with Crippen molar-refractivity contribution in [2.75, 3.05) is 11.9 Å². The fraction of sp³-hybridized carbons (Fsp3) is 0.182. The molecule has 0 bridgehead atoms. The number of rotatable bonds is 5. The van der Waals surface area contributed by atoms with Crippen LogP contribution in [0.5, 0.6) is 0 Å². The molecule has 0 unspecified atom stereocenters. The predicted octanol–water partition coefficient (Wildman–Crippen LogP) is 3.39. The Balaban J connectivity index is 1.46. The second-order valence-electron chi connectivity index (χ2n) is 6.72. The maximum atomic E-state index is 12.7. The topological polar surface area (TPSA) is 99.2 Å². The van der Waals surface area contributed by atoms with Gasteiger partial charge in [-0.25, -0.2) is 0 Å². The van der Waals surface area contributed by atoms with E-state index < -0.39 is 0 Å². The maximum absolute atomic E-state index is 12.7. The summed E-state index contributed by atoms with van der Waals surface area (Å²) in [5.41, 5.74) is 2.12. The molecule has 2 amide bonds. The van der Waals surface area contributed by atoms with E-state index in [0.717, 1.165) is 16.1 Å². The molecule has 8 heteroatoms. The van der Waals surface area contributed by atoms with Crippen LogP contribution in [0.1, 0.15) is 27.5 Å². The van der Waals surface area contributed by atoms with E-state index in [2.05, 4.69) is 16.4 Å². The van der Waals surface area contributed by atoms with Crippen molar-refractivity contribution in [3.05, 3.63) is 76.3 Å². The molecule has 0 aliphatic carbocycles. The Kier molecular flexibility index (Phi) is 5.72. The summed E-state index contributed by atoms with van der Waals surface area (Å²) in [7, 11) is 0. The van der Waals surface area contributed by atoms with Crippen molar-refractivity contribution in [1.29, 1.82) is 5.26 Å². The number of nitrogens with one attached hydrogen (secondary N) is 1. The van der Waals surface area contributed by atoms with Gasteiger partial charge in [-0.05, 0) is 42.3 Å². The maximum Gasteiger partial charge on any atom is 0.249 e. The Morgan fingerprint density at radius 3 is 2.97 bits per heavy atom. The highest BCUT2D eigenvalue weighted by Gasteiger charge is 2.27. The van der Waals surface area contributed by atoms with Gasteiger partial charge in [0, 0.05) is 29.4 Å². The van der Waals surface area contributed by atoms with E-state index in [1.165, 1.54) is 23.7 Å². The van der Waals surface area contributed by atoms with Crippen LogP contribution in [0.15, 0.2) is 53.3 Å². The van der Waals surface area contributed by atoms with Crippen molar-refractivity contribution in [3.63, 3.8) is 0 Å². The average molecular weight is 418 g/mol. The molecule has 0 saturated heterocycles. The van der Waals surface area contributed by atoms with Gasteiger partial charge in [-0.1, -0.05) is 6.07 Å². The summed E-state index contributed by atoms with van der Waals surface area (Å²) in [5, 5.41) is 12.9. The zero-order valence-corrected chi connectivity index (χ0v) is 16.8. The fourth-order valence-electron chi connectivity index (χ4n) is 3.29. The smallest absolute Gasteiger partial charge is 0.249 e. The van der Waals surface area contributed by atoms with Gasteiger partial charge < -0.3 is 14.6 Å². The predicted molar refractivity (Wildman–Crippen MR) is 112 cm³/mol. The van der Waals surface area contributed by atoms with Crippen LogP contribution in [0, 0.1) is 11.3 Å². The average Bonchev–Trinajstić information content (AvgIpc) is 3.39. The van der Waals surface area contributed by atoms with Gasteiger partial charge in [0.25, 0.3) is 0 Å². The summed E-state index contributed by atoms with van der Waals surface area (Å²) < 4.78 is 5.16. The molecule has 3 aromatic heterocycles. The number of hydrogen-bond acceptors (Lipinski definition) is 6. The third-order valence-corrected chi connectivity index (χ3v) is 5.89. The summed E-state index contributed by atoms with van der Waals surface area (Å²) in [6.45, 7) is 0.967. The van der Waals surface area contributed by atoms with E-state index in [-0.39, 0.29) is 18.2 Å². The minimum absolute atomic E-state index is 0.00164. The number of anilines is 1. The van der Waals surface area contributed by atoms with Crippen LogP contribution < -0.4 is 5.32 Å². The molecule has 3 aromatic rings. The van der Waals surface area contributed by atoms with Crippen LogP contribution in [-0.2, 0) is 29.0 Å². The van der Waals surface area contributed by atoms with Crippen molar-refractivity contribution >= 4 is 34.2 Å². The molecule has 4 rings (SSSR count). The molecule has 7 nitrogen and oxygen atoms in total. The quantitative estimate of drug-likeness (QED) is 0.641. The van der Waals surface area contributed by atoms with Crippen LogP contribution in [0.4, 0.5) is 5.00 Å². The lowest BCUT2D eigenvalue weighted by molar-refractivity contribution is -0.131. The summed E-state index contributed by atoms with van der Waals surface area (Å²) >= 11 is 1.34. The SMILES string of the molecule is N#Cc1c(NC(=O)C=Cc2ccco2)sc2c1CCN(C(=O)Cc1ccccn1)C2. The number of carbonyl (C=O) groups excluding carboxylic acids is 2. The van der Waals surface area contributed by atoms with Crippen molar-refractivity contribution in [3.8, 4) is 6.07 Å². The summed E-state index contributed by atoms with van der Waals surface area (Å²) in [6.07, 6.45) is 6.95. The molecule has 4 heterocycles. The number of aromatic nitrogens is 1. The van der Waals surface area contributed by atoms with Gasteiger partial charge in [0.1, 0.15) is 16.8 Å². The number of amides is 2. The van der Waals surface area contributed by atoms with E-state index in [1.807, 2.05) is 18.2 Å². The molecular formula is C22H18N4O3S. The Hall–Kier alpha value is -3.70. The number of carbonyl (C=O) groups is 2. The molecule has 1 aliphatic rings. The molecule has 0 spiro atoms. The van der Waals surface area contributed by atoms with E-state index in [0.29, 0.717) is 35.8 Å². The highest BCUT2D eigenvalue weighted by atomic mass is 32.1. The third-order valence-electron chi connectivity index (χ3n) is 4.76. The van der Waals surface area contributed by atoms with Crippen LogP contribution >= 0.6 is 11.3 Å². The summed E-state index contributed by atoms with van der Waals surface area (Å²) in [4.78, 5) is 31.8. The largest absolute Gasteiger partial charge is 0.465 e. The second kappa shape index (κ2) is 8.76. The normalized spacial score (nSPS) is 13.1. The Morgan fingerprint density at radius 1 is 1.33 bits per heavy atom. The van der Waals surface area contributed by atoms with Gasteiger partial charge in [-0.15, -0.1) is 11.3 Å². The number of nitrogens with zero attached hydrogens (tertiary/aromatic N) is 3. The van der Waals surface area contributed by atoms with E-state index in [9.17, 15) is 14.9 Å². The van der Waals surface area contributed by atoms with E-state index in [4.69, 9.17) is 4.42 Å². The number of hydrogen-bond donors (Lipinski definition) is 1. The zero-order chi connectivity index (χ0) is 20.9. The highest BCUT2D eigenvalue weighted by molar-refractivity contribution is 7.16. The fourth-order valence-corrected chi connectivity index (χ4v) is 4.51. The molecule has 0 atom stereocenters. The minimum Gasteiger partial charge on any atom is -0.465 e. The molecule has 1 N–H and O–H groups in total. The molecule has 30 heavy (non-hydrogen) atoms. The van der Waals surface area contributed by atoms with Gasteiger partial charge >= 0.3 is 0 Å². The number of pyridine rings is 1. The Morgan fingerprint density at radius 2 is 2.23 bits per heavy atom. The summed E-state index contributed by atoms with van der Waals surface area (Å²) in [6, 6.07) is 11.2. The monoisotopic (exact) mass is 418 g/mol. The number of thiophene rings is 1. The minimum atomic E-state index is -0.343. The van der Waals surface area contributed by atoms with Gasteiger partial charge in [0.05, 0.1) is 24.8 Å². The first kappa shape index (κ1) is 19.6. The number of furan rings is 1. The first-order chi connectivity index (χ1) is 14.6. The molecule has 0 aromatic carbocycles.